The molecule has 1 heterocycles. The number of ether oxygens (including phenoxy) is 1. The number of carbonyl (C=O) groups is 2. The van der Waals surface area contributed by atoms with Gasteiger partial charge in [-0.25, -0.2) is 4.79 Å². The normalized spacial score (nSPS) is 9.95. The van der Waals surface area contributed by atoms with Gasteiger partial charge in [0.05, 0.1) is 17.7 Å². The Morgan fingerprint density at radius 2 is 1.95 bits per heavy atom. The van der Waals surface area contributed by atoms with Crippen molar-refractivity contribution in [2.75, 3.05) is 12.4 Å². The minimum atomic E-state index is -0.451. The highest BCUT2D eigenvalue weighted by molar-refractivity contribution is 7.18. The summed E-state index contributed by atoms with van der Waals surface area (Å²) in [5.41, 5.74) is 0.176. The van der Waals surface area contributed by atoms with Gasteiger partial charge in [-0.05, 0) is 24.3 Å². The van der Waals surface area contributed by atoms with E-state index < -0.39 is 11.9 Å². The fraction of sp³-hybridized carbons (Fsp3) is 0.0769. The van der Waals surface area contributed by atoms with Crippen LogP contribution in [-0.2, 0) is 4.74 Å². The quantitative estimate of drug-likeness (QED) is 0.845. The van der Waals surface area contributed by atoms with E-state index in [-0.39, 0.29) is 11.3 Å². The molecule has 0 aliphatic rings. The average molecular weight is 277 g/mol. The summed E-state index contributed by atoms with van der Waals surface area (Å²) < 4.78 is 4.58. The van der Waals surface area contributed by atoms with Crippen molar-refractivity contribution in [1.29, 1.82) is 0 Å². The van der Waals surface area contributed by atoms with Crippen molar-refractivity contribution in [3.8, 4) is 5.75 Å². The molecule has 0 unspecified atom stereocenters. The Hall–Kier alpha value is -2.34. The summed E-state index contributed by atoms with van der Waals surface area (Å²) in [6.07, 6.45) is 0. The Morgan fingerprint density at radius 3 is 2.63 bits per heavy atom. The van der Waals surface area contributed by atoms with Gasteiger partial charge in [-0.3, -0.25) is 4.79 Å². The first kappa shape index (κ1) is 13.1. The summed E-state index contributed by atoms with van der Waals surface area (Å²) in [4.78, 5) is 23.6. The van der Waals surface area contributed by atoms with Crippen LogP contribution >= 0.6 is 11.3 Å². The number of nitrogens with one attached hydrogen (secondary N) is 1. The molecule has 0 saturated carbocycles. The Morgan fingerprint density at radius 1 is 1.21 bits per heavy atom. The van der Waals surface area contributed by atoms with Gasteiger partial charge < -0.3 is 15.2 Å². The van der Waals surface area contributed by atoms with Gasteiger partial charge in [0.15, 0.2) is 0 Å². The van der Waals surface area contributed by atoms with E-state index in [4.69, 9.17) is 0 Å². The molecule has 0 aliphatic carbocycles. The second-order valence-corrected chi connectivity index (χ2v) is 4.71. The van der Waals surface area contributed by atoms with Crippen LogP contribution in [0, 0.1) is 0 Å². The van der Waals surface area contributed by atoms with E-state index in [1.165, 1.54) is 19.2 Å². The molecule has 0 radical (unpaired) electrons. The molecule has 0 atom stereocenters. The van der Waals surface area contributed by atoms with E-state index in [1.807, 2.05) is 0 Å². The first-order chi connectivity index (χ1) is 9.11. The number of hydrogen-bond donors (Lipinski definition) is 2. The first-order valence-electron chi connectivity index (χ1n) is 5.39. The topological polar surface area (TPSA) is 75.6 Å². The predicted molar refractivity (Wildman–Crippen MR) is 71.7 cm³/mol. The molecule has 0 spiro atoms. The van der Waals surface area contributed by atoms with Crippen molar-refractivity contribution in [3.63, 3.8) is 0 Å². The summed E-state index contributed by atoms with van der Waals surface area (Å²) >= 11 is 1.11. The molecule has 1 aromatic carbocycles. The smallest absolute Gasteiger partial charge is 0.348 e. The molecule has 2 rings (SSSR count). The molecular formula is C13H11NO4S. The van der Waals surface area contributed by atoms with Crippen LogP contribution in [0.1, 0.15) is 20.0 Å². The maximum atomic E-state index is 11.9. The first-order valence-corrected chi connectivity index (χ1v) is 6.21. The van der Waals surface area contributed by atoms with Gasteiger partial charge in [0.2, 0.25) is 0 Å². The van der Waals surface area contributed by atoms with Crippen LogP contribution in [0.3, 0.4) is 0 Å². The lowest BCUT2D eigenvalue weighted by Gasteiger charge is -2.04. The summed E-state index contributed by atoms with van der Waals surface area (Å²) in [5, 5.41) is 12.7. The number of thiophene rings is 1. The monoisotopic (exact) mass is 277 g/mol. The van der Waals surface area contributed by atoms with Gasteiger partial charge in [-0.15, -0.1) is 11.3 Å². The molecule has 98 valence electrons. The lowest BCUT2D eigenvalue weighted by atomic mass is 10.2. The van der Waals surface area contributed by atoms with Crippen molar-refractivity contribution in [2.24, 2.45) is 0 Å². The third-order valence-corrected chi connectivity index (χ3v) is 3.36. The number of amides is 1. The number of phenols is 1. The Balaban J connectivity index is 2.14. The van der Waals surface area contributed by atoms with E-state index in [2.05, 4.69) is 10.1 Å². The molecule has 19 heavy (non-hydrogen) atoms. The molecule has 1 aromatic heterocycles. The number of aromatic hydroxyl groups is 1. The molecule has 1 amide bonds. The SMILES string of the molecule is COC(=O)c1ccc(NC(=O)c2ccccc2O)s1. The molecule has 0 fully saturated rings. The van der Waals surface area contributed by atoms with E-state index >= 15 is 0 Å². The van der Waals surface area contributed by atoms with Gasteiger partial charge >= 0.3 is 5.97 Å². The van der Waals surface area contributed by atoms with E-state index in [0.717, 1.165) is 11.3 Å². The number of hydrogen-bond acceptors (Lipinski definition) is 5. The van der Waals surface area contributed by atoms with Crippen LogP contribution in [0.15, 0.2) is 36.4 Å². The number of methoxy groups -OCH3 is 1. The number of esters is 1. The molecule has 0 aliphatic heterocycles. The van der Waals surface area contributed by atoms with E-state index in [0.29, 0.717) is 9.88 Å². The zero-order valence-electron chi connectivity index (χ0n) is 10.0. The van der Waals surface area contributed by atoms with E-state index in [1.54, 1.807) is 24.3 Å². The molecule has 0 saturated heterocycles. The van der Waals surface area contributed by atoms with Crippen molar-refractivity contribution < 1.29 is 19.4 Å². The number of carbonyl (C=O) groups excluding carboxylic acids is 2. The van der Waals surface area contributed by atoms with Crippen molar-refractivity contribution in [3.05, 3.63) is 46.8 Å². The Kier molecular flexibility index (Phi) is 3.82. The fourth-order valence-corrected chi connectivity index (χ4v) is 2.28. The summed E-state index contributed by atoms with van der Waals surface area (Å²) in [6, 6.07) is 9.41. The maximum absolute atomic E-state index is 11.9. The van der Waals surface area contributed by atoms with Crippen LogP contribution in [0.5, 0.6) is 5.75 Å². The lowest BCUT2D eigenvalue weighted by molar-refractivity contribution is 0.0606. The van der Waals surface area contributed by atoms with Crippen molar-refractivity contribution >= 4 is 28.2 Å². The fourth-order valence-electron chi connectivity index (χ4n) is 1.46. The molecular weight excluding hydrogens is 266 g/mol. The second-order valence-electron chi connectivity index (χ2n) is 3.63. The highest BCUT2D eigenvalue weighted by atomic mass is 32.1. The van der Waals surface area contributed by atoms with Crippen LogP contribution in [0.4, 0.5) is 5.00 Å². The van der Waals surface area contributed by atoms with Gasteiger partial charge in [-0.1, -0.05) is 12.1 Å². The summed E-state index contributed by atoms with van der Waals surface area (Å²) in [6.45, 7) is 0. The third-order valence-electron chi connectivity index (χ3n) is 2.38. The van der Waals surface area contributed by atoms with Gasteiger partial charge in [0.1, 0.15) is 10.6 Å². The minimum Gasteiger partial charge on any atom is -0.507 e. The molecule has 2 aromatic rings. The third kappa shape index (κ3) is 2.92. The standard InChI is InChI=1S/C13H11NO4S/c1-18-13(17)10-6-7-11(19-10)14-12(16)8-4-2-3-5-9(8)15/h2-7,15H,1H3,(H,14,16). The van der Waals surface area contributed by atoms with Crippen LogP contribution in [0.25, 0.3) is 0 Å². The zero-order valence-corrected chi connectivity index (χ0v) is 10.9. The van der Waals surface area contributed by atoms with Crippen molar-refractivity contribution in [1.82, 2.24) is 0 Å². The number of anilines is 1. The number of rotatable bonds is 3. The maximum Gasteiger partial charge on any atom is 0.348 e. The molecule has 2 N–H and O–H groups in total. The number of para-hydroxylation sites is 1. The highest BCUT2D eigenvalue weighted by Crippen LogP contribution is 2.24. The highest BCUT2D eigenvalue weighted by Gasteiger charge is 2.13. The Labute approximate surface area is 113 Å². The van der Waals surface area contributed by atoms with Crippen LogP contribution in [0.2, 0.25) is 0 Å². The average Bonchev–Trinajstić information content (AvgIpc) is 2.86. The zero-order chi connectivity index (χ0) is 13.8. The summed E-state index contributed by atoms with van der Waals surface area (Å²) in [5.74, 6) is -0.978. The van der Waals surface area contributed by atoms with Crippen molar-refractivity contribution in [2.45, 2.75) is 0 Å². The van der Waals surface area contributed by atoms with Crippen LogP contribution in [-0.4, -0.2) is 24.1 Å². The van der Waals surface area contributed by atoms with Gasteiger partial charge in [0.25, 0.3) is 5.91 Å². The second kappa shape index (κ2) is 5.53. The van der Waals surface area contributed by atoms with Gasteiger partial charge in [0, 0.05) is 0 Å². The number of phenolic OH excluding ortho intramolecular Hbond substituents is 1. The largest absolute Gasteiger partial charge is 0.507 e. The summed E-state index contributed by atoms with van der Waals surface area (Å²) in [7, 11) is 1.29. The lowest BCUT2D eigenvalue weighted by Crippen LogP contribution is -2.10. The molecule has 6 heteroatoms. The van der Waals surface area contributed by atoms with Gasteiger partial charge in [-0.2, -0.15) is 0 Å². The van der Waals surface area contributed by atoms with Crippen LogP contribution < -0.4 is 5.32 Å². The minimum absolute atomic E-state index is 0.0928. The number of benzene rings is 1. The Bertz CT molecular complexity index is 621. The van der Waals surface area contributed by atoms with E-state index in [9.17, 15) is 14.7 Å². The molecule has 5 nitrogen and oxygen atoms in total. The predicted octanol–water partition coefficient (Wildman–Crippen LogP) is 2.49. The molecule has 0 bridgehead atoms.